The molecule has 0 aromatic heterocycles. The fourth-order valence-corrected chi connectivity index (χ4v) is 12.8. The molecule has 2 unspecified atom stereocenters. The number of aliphatic hydroxyl groups excluding tert-OH is 1. The first kappa shape index (κ1) is 90.1. The summed E-state index contributed by atoms with van der Waals surface area (Å²) in [6, 6.07) is 0. The minimum absolute atomic E-state index is 0.108. The van der Waals surface area contributed by atoms with Crippen molar-refractivity contribution in [2.24, 2.45) is 5.92 Å². The molecule has 0 aliphatic heterocycles. The number of phosphoric ester groups is 2. The number of rotatable bonds is 73. The van der Waals surface area contributed by atoms with Gasteiger partial charge in [-0.2, -0.15) is 0 Å². The molecule has 0 fully saturated rings. The number of esters is 4. The average molecular weight is 1350 g/mol. The quantitative estimate of drug-likeness (QED) is 0.0222. The molecule has 19 heteroatoms. The molecule has 0 bridgehead atoms. The van der Waals surface area contributed by atoms with E-state index in [0.717, 1.165) is 95.8 Å². The standard InChI is InChI=1S/C73H142O17P2/c1-6-9-12-15-18-21-23-25-26-27-28-29-33-39-44-49-54-59-73(78)90-69(63-84-71(76)57-52-47-42-37-34-30-31-36-40-45-50-55-66(4)5)65-88-92(81,82)86-61-67(74)60-85-91(79,80)87-64-68(62-83-70(75)56-51-46-41-35-20-17-14-11-8-3)89-72(77)58-53-48-43-38-32-24-22-19-16-13-10-7-2/h66-69,74H,6-65H2,1-5H3,(H,79,80)(H,81,82)/t67-,68+,69+/m0/s1. The number of phosphoric acid groups is 2. The van der Waals surface area contributed by atoms with Crippen LogP contribution in [0.1, 0.15) is 381 Å². The normalized spacial score (nSPS) is 14.0. The van der Waals surface area contributed by atoms with Gasteiger partial charge < -0.3 is 33.8 Å². The Morgan fingerprint density at radius 2 is 0.500 bits per heavy atom. The Kier molecular flexibility index (Phi) is 64.9. The van der Waals surface area contributed by atoms with Gasteiger partial charge in [-0.25, -0.2) is 9.13 Å². The van der Waals surface area contributed by atoms with Gasteiger partial charge in [-0.05, 0) is 31.6 Å². The highest BCUT2D eigenvalue weighted by atomic mass is 31.2. The molecule has 0 radical (unpaired) electrons. The number of ether oxygens (including phenoxy) is 4. The van der Waals surface area contributed by atoms with E-state index in [2.05, 4.69) is 34.6 Å². The molecule has 0 aromatic rings. The maximum Gasteiger partial charge on any atom is 0.472 e. The van der Waals surface area contributed by atoms with Gasteiger partial charge >= 0.3 is 39.5 Å². The highest BCUT2D eigenvalue weighted by molar-refractivity contribution is 7.47. The topological polar surface area (TPSA) is 237 Å². The van der Waals surface area contributed by atoms with Gasteiger partial charge in [-0.15, -0.1) is 0 Å². The molecule has 0 aliphatic carbocycles. The van der Waals surface area contributed by atoms with E-state index in [9.17, 15) is 43.2 Å². The van der Waals surface area contributed by atoms with Crippen LogP contribution in [-0.2, 0) is 65.4 Å². The van der Waals surface area contributed by atoms with Crippen LogP contribution in [0.2, 0.25) is 0 Å². The van der Waals surface area contributed by atoms with E-state index in [0.29, 0.717) is 25.7 Å². The second-order valence-electron chi connectivity index (χ2n) is 26.8. The first-order chi connectivity index (χ1) is 44.5. The molecule has 0 saturated heterocycles. The number of hydrogen-bond acceptors (Lipinski definition) is 15. The summed E-state index contributed by atoms with van der Waals surface area (Å²) < 4.78 is 68.4. The third-order valence-corrected chi connectivity index (χ3v) is 18.9. The third-order valence-electron chi connectivity index (χ3n) is 17.0. The Morgan fingerprint density at radius 3 is 0.739 bits per heavy atom. The van der Waals surface area contributed by atoms with Crippen LogP contribution < -0.4 is 0 Å². The molecule has 92 heavy (non-hydrogen) atoms. The van der Waals surface area contributed by atoms with E-state index in [4.69, 9.17) is 37.0 Å². The van der Waals surface area contributed by atoms with Crippen molar-refractivity contribution in [3.8, 4) is 0 Å². The van der Waals surface area contributed by atoms with E-state index in [-0.39, 0.29) is 25.7 Å². The van der Waals surface area contributed by atoms with Gasteiger partial charge in [0.05, 0.1) is 26.4 Å². The molecule has 5 atom stereocenters. The lowest BCUT2D eigenvalue weighted by atomic mass is 10.0. The number of aliphatic hydroxyl groups is 1. The second-order valence-corrected chi connectivity index (χ2v) is 29.7. The predicted molar refractivity (Wildman–Crippen MR) is 372 cm³/mol. The zero-order valence-electron chi connectivity index (χ0n) is 59.7. The Balaban J connectivity index is 5.23. The molecule has 0 spiro atoms. The van der Waals surface area contributed by atoms with Gasteiger partial charge in [-0.3, -0.25) is 37.3 Å². The van der Waals surface area contributed by atoms with Crippen LogP contribution in [0.5, 0.6) is 0 Å². The van der Waals surface area contributed by atoms with E-state index in [1.807, 2.05) is 0 Å². The highest BCUT2D eigenvalue weighted by Gasteiger charge is 2.30. The number of carbonyl (C=O) groups is 4. The summed E-state index contributed by atoms with van der Waals surface area (Å²) in [5.41, 5.74) is 0. The van der Waals surface area contributed by atoms with Gasteiger partial charge in [0, 0.05) is 25.7 Å². The largest absolute Gasteiger partial charge is 0.472 e. The van der Waals surface area contributed by atoms with Crippen molar-refractivity contribution in [2.45, 2.75) is 400 Å². The first-order valence-electron chi connectivity index (χ1n) is 38.1. The van der Waals surface area contributed by atoms with Crippen LogP contribution in [0, 0.1) is 5.92 Å². The monoisotopic (exact) mass is 1350 g/mol. The minimum atomic E-state index is -4.95. The van der Waals surface area contributed by atoms with Crippen LogP contribution in [0.3, 0.4) is 0 Å². The maximum absolute atomic E-state index is 13.1. The fraction of sp³-hybridized carbons (Fsp3) is 0.945. The molecule has 0 rings (SSSR count). The second kappa shape index (κ2) is 66.3. The van der Waals surface area contributed by atoms with E-state index in [1.165, 1.54) is 205 Å². The van der Waals surface area contributed by atoms with E-state index >= 15 is 0 Å². The third kappa shape index (κ3) is 66.7. The molecule has 0 amide bonds. The molecule has 0 heterocycles. The first-order valence-corrected chi connectivity index (χ1v) is 41.1. The van der Waals surface area contributed by atoms with Crippen molar-refractivity contribution in [1.82, 2.24) is 0 Å². The molecule has 546 valence electrons. The number of hydrogen-bond donors (Lipinski definition) is 3. The van der Waals surface area contributed by atoms with Crippen molar-refractivity contribution in [3.63, 3.8) is 0 Å². The number of unbranched alkanes of at least 4 members (excludes halogenated alkanes) is 45. The average Bonchev–Trinajstić information content (AvgIpc) is 1.55. The van der Waals surface area contributed by atoms with Crippen molar-refractivity contribution in [1.29, 1.82) is 0 Å². The smallest absolute Gasteiger partial charge is 0.462 e. The molecule has 17 nitrogen and oxygen atoms in total. The summed E-state index contributed by atoms with van der Waals surface area (Å²) in [6.45, 7) is 7.26. The van der Waals surface area contributed by atoms with Gasteiger partial charge in [0.15, 0.2) is 12.2 Å². The minimum Gasteiger partial charge on any atom is -0.462 e. The van der Waals surface area contributed by atoms with Gasteiger partial charge in [0.25, 0.3) is 0 Å². The van der Waals surface area contributed by atoms with Crippen molar-refractivity contribution < 1.29 is 80.2 Å². The highest BCUT2D eigenvalue weighted by Crippen LogP contribution is 2.45. The van der Waals surface area contributed by atoms with E-state index < -0.39 is 97.5 Å². The maximum atomic E-state index is 13.1. The molecule has 0 aromatic carbocycles. The van der Waals surface area contributed by atoms with Crippen LogP contribution in [-0.4, -0.2) is 96.7 Å². The Hall–Kier alpha value is -1.94. The van der Waals surface area contributed by atoms with Gasteiger partial charge in [0.1, 0.15) is 19.3 Å². The summed E-state index contributed by atoms with van der Waals surface area (Å²) in [5.74, 6) is -1.35. The predicted octanol–water partition coefficient (Wildman–Crippen LogP) is 21.3. The summed E-state index contributed by atoms with van der Waals surface area (Å²) in [7, 11) is -9.90. The SMILES string of the molecule is CCCCCCCCCCCCCCCCCCCC(=O)O[C@H](COC(=O)CCCCCCCCCCCCCC(C)C)COP(=O)(O)OC[C@@H](O)COP(=O)(O)OC[C@@H](COC(=O)CCCCCCCCCCC)OC(=O)CCCCCCCCCCCCCC. The zero-order valence-corrected chi connectivity index (χ0v) is 61.5. The molecular formula is C73H142O17P2. The van der Waals surface area contributed by atoms with Crippen molar-refractivity contribution in [2.75, 3.05) is 39.6 Å². The Morgan fingerprint density at radius 1 is 0.293 bits per heavy atom. The summed E-state index contributed by atoms with van der Waals surface area (Å²) in [5, 5.41) is 10.6. The lowest BCUT2D eigenvalue weighted by Crippen LogP contribution is -2.30. The summed E-state index contributed by atoms with van der Waals surface area (Å²) in [4.78, 5) is 72.6. The van der Waals surface area contributed by atoms with Crippen LogP contribution in [0.15, 0.2) is 0 Å². The van der Waals surface area contributed by atoms with Crippen LogP contribution >= 0.6 is 15.6 Å². The van der Waals surface area contributed by atoms with Crippen molar-refractivity contribution in [3.05, 3.63) is 0 Å². The zero-order chi connectivity index (χ0) is 67.7. The lowest BCUT2D eigenvalue weighted by Gasteiger charge is -2.21. The summed E-state index contributed by atoms with van der Waals surface area (Å²) in [6.07, 6.45) is 54.0. The van der Waals surface area contributed by atoms with Crippen LogP contribution in [0.25, 0.3) is 0 Å². The molecule has 3 N–H and O–H groups in total. The summed E-state index contributed by atoms with van der Waals surface area (Å²) >= 11 is 0. The lowest BCUT2D eigenvalue weighted by molar-refractivity contribution is -0.161. The van der Waals surface area contributed by atoms with Gasteiger partial charge in [-0.1, -0.05) is 330 Å². The fourth-order valence-electron chi connectivity index (χ4n) is 11.2. The molecule has 0 saturated carbocycles. The van der Waals surface area contributed by atoms with E-state index in [1.54, 1.807) is 0 Å². The number of carbonyl (C=O) groups excluding carboxylic acids is 4. The molecule has 0 aliphatic rings. The molecular weight excluding hydrogens is 1210 g/mol. The Labute approximate surface area is 562 Å². The van der Waals surface area contributed by atoms with Gasteiger partial charge in [0.2, 0.25) is 0 Å². The van der Waals surface area contributed by atoms with Crippen molar-refractivity contribution >= 4 is 39.5 Å². The van der Waals surface area contributed by atoms with Crippen LogP contribution in [0.4, 0.5) is 0 Å². The Bertz CT molecular complexity index is 1770.